The van der Waals surface area contributed by atoms with Gasteiger partial charge in [-0.15, -0.1) is 0 Å². The van der Waals surface area contributed by atoms with E-state index in [0.29, 0.717) is 6.42 Å². The summed E-state index contributed by atoms with van der Waals surface area (Å²) < 4.78 is 12.7. The maximum atomic E-state index is 12.7. The first-order valence-corrected chi connectivity index (χ1v) is 4.87. The van der Waals surface area contributed by atoms with Crippen LogP contribution in [0.1, 0.15) is 19.4 Å². The standard InChI is InChI=1S/C13H15FO/c1-4-12(15)13(2,3)9-10-5-7-11(14)8-6-10/h4-8H,1,9H2,2-3H3. The molecule has 0 spiro atoms. The van der Waals surface area contributed by atoms with Gasteiger partial charge >= 0.3 is 0 Å². The van der Waals surface area contributed by atoms with Crippen LogP contribution >= 0.6 is 0 Å². The maximum Gasteiger partial charge on any atom is 0.161 e. The topological polar surface area (TPSA) is 17.1 Å². The quantitative estimate of drug-likeness (QED) is 0.692. The van der Waals surface area contributed by atoms with Crippen LogP contribution in [0, 0.1) is 11.2 Å². The molecule has 1 aromatic rings. The zero-order chi connectivity index (χ0) is 11.5. The second-order valence-corrected chi connectivity index (χ2v) is 4.26. The fourth-order valence-electron chi connectivity index (χ4n) is 1.48. The number of halogens is 1. The summed E-state index contributed by atoms with van der Waals surface area (Å²) in [6.45, 7) is 7.20. The molecule has 0 bridgehead atoms. The molecule has 0 radical (unpaired) electrons. The van der Waals surface area contributed by atoms with Crippen molar-refractivity contribution in [2.75, 3.05) is 0 Å². The van der Waals surface area contributed by atoms with Crippen LogP contribution in [0.25, 0.3) is 0 Å². The molecular weight excluding hydrogens is 191 g/mol. The van der Waals surface area contributed by atoms with Gasteiger partial charge in [-0.05, 0) is 30.2 Å². The summed E-state index contributed by atoms with van der Waals surface area (Å²) in [6, 6.07) is 6.22. The Labute approximate surface area is 89.6 Å². The number of hydrogen-bond acceptors (Lipinski definition) is 1. The predicted molar refractivity (Wildman–Crippen MR) is 59.1 cm³/mol. The van der Waals surface area contributed by atoms with E-state index in [1.807, 2.05) is 13.8 Å². The van der Waals surface area contributed by atoms with E-state index in [9.17, 15) is 9.18 Å². The van der Waals surface area contributed by atoms with Crippen molar-refractivity contribution in [1.82, 2.24) is 0 Å². The van der Waals surface area contributed by atoms with Gasteiger partial charge in [0.05, 0.1) is 0 Å². The van der Waals surface area contributed by atoms with Crippen molar-refractivity contribution in [1.29, 1.82) is 0 Å². The van der Waals surface area contributed by atoms with E-state index >= 15 is 0 Å². The lowest BCUT2D eigenvalue weighted by atomic mass is 9.82. The smallest absolute Gasteiger partial charge is 0.161 e. The molecule has 80 valence electrons. The van der Waals surface area contributed by atoms with Gasteiger partial charge in [0.25, 0.3) is 0 Å². The van der Waals surface area contributed by atoms with Crippen molar-refractivity contribution in [2.24, 2.45) is 5.41 Å². The number of rotatable bonds is 4. The zero-order valence-electron chi connectivity index (χ0n) is 9.09. The lowest BCUT2D eigenvalue weighted by Crippen LogP contribution is -2.24. The summed E-state index contributed by atoms with van der Waals surface area (Å²) in [5.41, 5.74) is 0.483. The van der Waals surface area contributed by atoms with Gasteiger partial charge in [-0.1, -0.05) is 32.6 Å². The summed E-state index contributed by atoms with van der Waals surface area (Å²) in [7, 11) is 0. The molecule has 0 amide bonds. The summed E-state index contributed by atoms with van der Waals surface area (Å²) in [5.74, 6) is -0.251. The van der Waals surface area contributed by atoms with E-state index in [1.54, 1.807) is 12.1 Å². The molecule has 0 fully saturated rings. The molecule has 0 atom stereocenters. The molecule has 0 saturated carbocycles. The van der Waals surface area contributed by atoms with Crippen LogP contribution in [0.3, 0.4) is 0 Å². The average Bonchev–Trinajstić information content (AvgIpc) is 2.20. The molecular formula is C13H15FO. The lowest BCUT2D eigenvalue weighted by Gasteiger charge is -2.21. The van der Waals surface area contributed by atoms with Crippen LogP contribution in [0.2, 0.25) is 0 Å². The highest BCUT2D eigenvalue weighted by Crippen LogP contribution is 2.23. The van der Waals surface area contributed by atoms with E-state index < -0.39 is 5.41 Å². The molecule has 0 aliphatic heterocycles. The Bertz CT molecular complexity index is 363. The largest absolute Gasteiger partial charge is 0.294 e. The van der Waals surface area contributed by atoms with Gasteiger partial charge < -0.3 is 0 Å². The first-order chi connectivity index (χ1) is 6.95. The molecule has 2 heteroatoms. The Morgan fingerprint density at radius 2 is 1.93 bits per heavy atom. The third kappa shape index (κ3) is 3.01. The molecule has 0 aliphatic carbocycles. The minimum atomic E-state index is -0.473. The molecule has 0 aliphatic rings. The normalized spacial score (nSPS) is 11.1. The van der Waals surface area contributed by atoms with E-state index in [1.165, 1.54) is 18.2 Å². The van der Waals surface area contributed by atoms with Gasteiger partial charge in [-0.2, -0.15) is 0 Å². The second kappa shape index (κ2) is 4.39. The van der Waals surface area contributed by atoms with E-state index in [-0.39, 0.29) is 11.6 Å². The second-order valence-electron chi connectivity index (χ2n) is 4.26. The lowest BCUT2D eigenvalue weighted by molar-refractivity contribution is -0.122. The molecule has 0 saturated heterocycles. The maximum absolute atomic E-state index is 12.7. The van der Waals surface area contributed by atoms with Crippen LogP contribution in [-0.2, 0) is 11.2 Å². The minimum Gasteiger partial charge on any atom is -0.294 e. The third-order valence-corrected chi connectivity index (χ3v) is 2.41. The number of carbonyl (C=O) groups is 1. The molecule has 0 N–H and O–H groups in total. The first-order valence-electron chi connectivity index (χ1n) is 4.87. The summed E-state index contributed by atoms with van der Waals surface area (Å²) in [4.78, 5) is 11.5. The SMILES string of the molecule is C=CC(=O)C(C)(C)Cc1ccc(F)cc1. The fourth-order valence-corrected chi connectivity index (χ4v) is 1.48. The highest BCUT2D eigenvalue weighted by atomic mass is 19.1. The van der Waals surface area contributed by atoms with Crippen molar-refractivity contribution < 1.29 is 9.18 Å². The van der Waals surface area contributed by atoms with Crippen molar-refractivity contribution in [3.8, 4) is 0 Å². The molecule has 0 heterocycles. The third-order valence-electron chi connectivity index (χ3n) is 2.41. The Morgan fingerprint density at radius 1 is 1.40 bits per heavy atom. The highest BCUT2D eigenvalue weighted by molar-refractivity contribution is 5.93. The van der Waals surface area contributed by atoms with Crippen molar-refractivity contribution in [3.63, 3.8) is 0 Å². The van der Waals surface area contributed by atoms with Crippen LogP contribution in [0.5, 0.6) is 0 Å². The minimum absolute atomic E-state index is 0.00632. The molecule has 0 aromatic heterocycles. The Balaban J connectivity index is 2.81. The van der Waals surface area contributed by atoms with Crippen LogP contribution < -0.4 is 0 Å². The van der Waals surface area contributed by atoms with Gasteiger partial charge in [0, 0.05) is 5.41 Å². The zero-order valence-corrected chi connectivity index (χ0v) is 9.09. The van der Waals surface area contributed by atoms with E-state index in [0.717, 1.165) is 5.56 Å². The molecule has 15 heavy (non-hydrogen) atoms. The van der Waals surface area contributed by atoms with Crippen LogP contribution in [0.4, 0.5) is 4.39 Å². The number of allylic oxidation sites excluding steroid dienone is 1. The Kier molecular flexibility index (Phi) is 3.40. The monoisotopic (exact) mass is 206 g/mol. The van der Waals surface area contributed by atoms with Gasteiger partial charge in [0.1, 0.15) is 5.82 Å². The molecule has 0 unspecified atom stereocenters. The van der Waals surface area contributed by atoms with Crippen LogP contribution in [0.15, 0.2) is 36.9 Å². The van der Waals surface area contributed by atoms with Gasteiger partial charge in [0.15, 0.2) is 5.78 Å². The number of carbonyl (C=O) groups excluding carboxylic acids is 1. The highest BCUT2D eigenvalue weighted by Gasteiger charge is 2.25. The van der Waals surface area contributed by atoms with Gasteiger partial charge in [-0.3, -0.25) is 4.79 Å². The average molecular weight is 206 g/mol. The van der Waals surface area contributed by atoms with Gasteiger partial charge in [0.2, 0.25) is 0 Å². The Hall–Kier alpha value is -1.44. The summed E-state index contributed by atoms with van der Waals surface area (Å²) in [6.07, 6.45) is 1.93. The van der Waals surface area contributed by atoms with Crippen molar-refractivity contribution >= 4 is 5.78 Å². The molecule has 1 rings (SSSR count). The van der Waals surface area contributed by atoms with Crippen molar-refractivity contribution in [3.05, 3.63) is 48.3 Å². The van der Waals surface area contributed by atoms with Crippen LogP contribution in [-0.4, -0.2) is 5.78 Å². The first kappa shape index (κ1) is 11.6. The predicted octanol–water partition coefficient (Wildman–Crippen LogP) is 3.15. The summed E-state index contributed by atoms with van der Waals surface area (Å²) in [5, 5.41) is 0. The Morgan fingerprint density at radius 3 is 2.40 bits per heavy atom. The number of ketones is 1. The van der Waals surface area contributed by atoms with Gasteiger partial charge in [-0.25, -0.2) is 4.39 Å². The van der Waals surface area contributed by atoms with Crippen molar-refractivity contribution in [2.45, 2.75) is 20.3 Å². The number of benzene rings is 1. The molecule has 1 nitrogen and oxygen atoms in total. The van der Waals surface area contributed by atoms with E-state index in [2.05, 4.69) is 6.58 Å². The molecule has 1 aromatic carbocycles. The number of hydrogen-bond donors (Lipinski definition) is 0. The van der Waals surface area contributed by atoms with E-state index in [4.69, 9.17) is 0 Å². The fraction of sp³-hybridized carbons (Fsp3) is 0.308. The summed E-state index contributed by atoms with van der Waals surface area (Å²) >= 11 is 0.